The van der Waals surface area contributed by atoms with Gasteiger partial charge in [-0.15, -0.1) is 15.3 Å². The number of hydrogen-bond acceptors (Lipinski definition) is 5. The van der Waals surface area contributed by atoms with Crippen molar-refractivity contribution >= 4 is 17.4 Å². The third-order valence-corrected chi connectivity index (χ3v) is 6.07. The van der Waals surface area contributed by atoms with Gasteiger partial charge in [0.05, 0.1) is 5.92 Å². The van der Waals surface area contributed by atoms with E-state index in [4.69, 9.17) is 0 Å². The minimum Gasteiger partial charge on any atom is -0.354 e. The Kier molecular flexibility index (Phi) is 6.10. The summed E-state index contributed by atoms with van der Waals surface area (Å²) in [6.07, 6.45) is 4.99. The van der Waals surface area contributed by atoms with Crippen molar-refractivity contribution in [1.29, 1.82) is 0 Å². The molecule has 2 aromatic heterocycles. The Morgan fingerprint density at radius 1 is 1.00 bits per heavy atom. The molecule has 1 N–H and O–H groups in total. The van der Waals surface area contributed by atoms with Crippen LogP contribution >= 0.6 is 0 Å². The lowest BCUT2D eigenvalue weighted by Gasteiger charge is -2.33. The zero-order valence-electron chi connectivity index (χ0n) is 16.9. The van der Waals surface area contributed by atoms with E-state index >= 15 is 0 Å². The number of carbonyl (C=O) groups is 1. The average Bonchev–Trinajstić information content (AvgIpc) is 3.13. The Morgan fingerprint density at radius 3 is 2.47 bits per heavy atom. The zero-order chi connectivity index (χ0) is 21.1. The van der Waals surface area contributed by atoms with Crippen molar-refractivity contribution in [3.63, 3.8) is 0 Å². The van der Waals surface area contributed by atoms with Gasteiger partial charge < -0.3 is 10.2 Å². The van der Waals surface area contributed by atoms with E-state index in [0.717, 1.165) is 43.0 Å². The molecule has 0 radical (unpaired) electrons. The molecule has 4 rings (SSSR count). The molecule has 1 amide bonds. The normalized spacial score (nSPS) is 22.0. The summed E-state index contributed by atoms with van der Waals surface area (Å²) < 4.78 is 40.1. The van der Waals surface area contributed by atoms with Crippen LogP contribution in [0.2, 0.25) is 0 Å². The molecular formula is C20H27F3N6O. The Hall–Kier alpha value is -2.39. The summed E-state index contributed by atoms with van der Waals surface area (Å²) in [5.74, 6) is -0.887. The number of fused-ring (bicyclic) bond motifs is 1. The summed E-state index contributed by atoms with van der Waals surface area (Å²) in [6, 6.07) is 3.34. The zero-order valence-corrected chi connectivity index (χ0v) is 16.9. The van der Waals surface area contributed by atoms with Crippen molar-refractivity contribution < 1.29 is 18.0 Å². The lowest BCUT2D eigenvalue weighted by Crippen LogP contribution is -2.46. The molecule has 2 aromatic rings. The number of nitrogens with one attached hydrogen (secondary N) is 1. The number of rotatable bonds is 3. The maximum atomic E-state index is 13.1. The Balaban J connectivity index is 1.45. The fourth-order valence-corrected chi connectivity index (χ4v) is 4.44. The van der Waals surface area contributed by atoms with Gasteiger partial charge in [0, 0.05) is 19.1 Å². The first-order valence-corrected chi connectivity index (χ1v) is 10.8. The Labute approximate surface area is 173 Å². The van der Waals surface area contributed by atoms with Crippen LogP contribution in [-0.2, 0) is 11.0 Å². The first-order valence-electron chi connectivity index (χ1n) is 10.8. The van der Waals surface area contributed by atoms with Crippen LogP contribution < -0.4 is 10.2 Å². The molecule has 0 unspecified atom stereocenters. The SMILES string of the molecule is O=C(NC1CCCCCCC1)[C@H]1CCCN(c2ccc3nnc(C(F)(F)F)n3n2)C1. The molecule has 1 aliphatic carbocycles. The number of carbonyl (C=O) groups excluding carboxylic acids is 1. The van der Waals surface area contributed by atoms with Crippen molar-refractivity contribution in [3.8, 4) is 0 Å². The smallest absolute Gasteiger partial charge is 0.354 e. The molecule has 0 bridgehead atoms. The maximum Gasteiger partial charge on any atom is 0.453 e. The Bertz CT molecular complexity index is 875. The summed E-state index contributed by atoms with van der Waals surface area (Å²) >= 11 is 0. The van der Waals surface area contributed by atoms with Crippen LogP contribution in [0.5, 0.6) is 0 Å². The summed E-state index contributed by atoms with van der Waals surface area (Å²) in [5.41, 5.74) is 0.0432. The van der Waals surface area contributed by atoms with Crippen LogP contribution in [0.25, 0.3) is 5.65 Å². The van der Waals surface area contributed by atoms with Gasteiger partial charge in [-0.1, -0.05) is 32.1 Å². The van der Waals surface area contributed by atoms with Gasteiger partial charge in [-0.25, -0.2) is 0 Å². The van der Waals surface area contributed by atoms with Crippen LogP contribution in [0.4, 0.5) is 19.0 Å². The second-order valence-corrected chi connectivity index (χ2v) is 8.32. The molecule has 10 heteroatoms. The van der Waals surface area contributed by atoms with E-state index in [9.17, 15) is 18.0 Å². The van der Waals surface area contributed by atoms with Crippen molar-refractivity contribution in [2.24, 2.45) is 5.92 Å². The first-order chi connectivity index (χ1) is 14.4. The van der Waals surface area contributed by atoms with Crippen molar-refractivity contribution in [2.75, 3.05) is 18.0 Å². The highest BCUT2D eigenvalue weighted by molar-refractivity contribution is 5.79. The van der Waals surface area contributed by atoms with E-state index in [1.54, 1.807) is 6.07 Å². The fourth-order valence-electron chi connectivity index (χ4n) is 4.44. The predicted molar refractivity (Wildman–Crippen MR) is 105 cm³/mol. The third-order valence-electron chi connectivity index (χ3n) is 6.07. The fraction of sp³-hybridized carbons (Fsp3) is 0.700. The second-order valence-electron chi connectivity index (χ2n) is 8.32. The van der Waals surface area contributed by atoms with Crippen LogP contribution in [0, 0.1) is 5.92 Å². The van der Waals surface area contributed by atoms with Gasteiger partial charge in [-0.2, -0.15) is 17.7 Å². The van der Waals surface area contributed by atoms with Crippen molar-refractivity contribution in [3.05, 3.63) is 18.0 Å². The molecule has 30 heavy (non-hydrogen) atoms. The number of hydrogen-bond donors (Lipinski definition) is 1. The quantitative estimate of drug-likeness (QED) is 0.815. The lowest BCUT2D eigenvalue weighted by atomic mass is 9.94. The highest BCUT2D eigenvalue weighted by Gasteiger charge is 2.38. The number of nitrogens with zero attached hydrogens (tertiary/aromatic N) is 5. The highest BCUT2D eigenvalue weighted by atomic mass is 19.4. The average molecular weight is 424 g/mol. The van der Waals surface area contributed by atoms with Crippen LogP contribution in [-0.4, -0.2) is 44.8 Å². The monoisotopic (exact) mass is 424 g/mol. The number of aromatic nitrogens is 4. The number of amides is 1. The van der Waals surface area contributed by atoms with Gasteiger partial charge in [-0.3, -0.25) is 4.79 Å². The largest absolute Gasteiger partial charge is 0.453 e. The number of anilines is 1. The number of halogens is 3. The molecule has 3 heterocycles. The van der Waals surface area contributed by atoms with E-state index < -0.39 is 12.0 Å². The number of alkyl halides is 3. The molecule has 1 atom stereocenters. The van der Waals surface area contributed by atoms with E-state index in [1.807, 2.05) is 4.90 Å². The van der Waals surface area contributed by atoms with Gasteiger partial charge in [0.2, 0.25) is 5.91 Å². The van der Waals surface area contributed by atoms with Crippen LogP contribution in [0.15, 0.2) is 12.1 Å². The predicted octanol–water partition coefficient (Wildman–Crippen LogP) is 3.59. The molecule has 1 saturated heterocycles. The van der Waals surface area contributed by atoms with Gasteiger partial charge in [-0.05, 0) is 37.8 Å². The van der Waals surface area contributed by atoms with E-state index in [0.29, 0.717) is 18.9 Å². The van der Waals surface area contributed by atoms with Crippen LogP contribution in [0.1, 0.15) is 63.6 Å². The van der Waals surface area contributed by atoms with Gasteiger partial charge in [0.25, 0.3) is 5.82 Å². The van der Waals surface area contributed by atoms with Gasteiger partial charge in [0.1, 0.15) is 5.82 Å². The lowest BCUT2D eigenvalue weighted by molar-refractivity contribution is -0.146. The summed E-state index contributed by atoms with van der Waals surface area (Å²) in [6.45, 7) is 1.09. The molecular weight excluding hydrogens is 397 g/mol. The molecule has 1 aliphatic heterocycles. The van der Waals surface area contributed by atoms with Gasteiger partial charge >= 0.3 is 6.18 Å². The minimum atomic E-state index is -4.63. The van der Waals surface area contributed by atoms with Crippen molar-refractivity contribution in [2.45, 2.75) is 70.0 Å². The standard InChI is InChI=1S/C20H27F3N6O/c21-20(22,23)19-26-25-16-10-11-17(27-29(16)19)28-12-6-7-14(13-28)18(30)24-15-8-4-2-1-3-5-9-15/h10-11,14-15H,1-9,12-13H2,(H,24,30)/t14-/m0/s1. The van der Waals surface area contributed by atoms with E-state index in [-0.39, 0.29) is 23.5 Å². The van der Waals surface area contributed by atoms with E-state index in [2.05, 4.69) is 20.6 Å². The molecule has 2 fully saturated rings. The highest BCUT2D eigenvalue weighted by Crippen LogP contribution is 2.29. The first kappa shape index (κ1) is 20.9. The third kappa shape index (κ3) is 4.67. The molecule has 7 nitrogen and oxygen atoms in total. The summed E-state index contributed by atoms with van der Waals surface area (Å²) in [4.78, 5) is 14.7. The molecule has 0 aromatic carbocycles. The molecule has 164 valence electrons. The van der Waals surface area contributed by atoms with E-state index in [1.165, 1.54) is 25.3 Å². The van der Waals surface area contributed by atoms with Crippen LogP contribution in [0.3, 0.4) is 0 Å². The topological polar surface area (TPSA) is 75.4 Å². The molecule has 2 aliphatic rings. The Morgan fingerprint density at radius 2 is 1.73 bits per heavy atom. The van der Waals surface area contributed by atoms with Gasteiger partial charge in [0.15, 0.2) is 5.65 Å². The summed E-state index contributed by atoms with van der Waals surface area (Å²) in [7, 11) is 0. The second kappa shape index (κ2) is 8.77. The minimum absolute atomic E-state index is 0.0432. The van der Waals surface area contributed by atoms with Crippen molar-refractivity contribution in [1.82, 2.24) is 25.1 Å². The number of piperidine rings is 1. The molecule has 0 spiro atoms. The summed E-state index contributed by atoms with van der Waals surface area (Å²) in [5, 5.41) is 14.1. The molecule has 1 saturated carbocycles. The maximum absolute atomic E-state index is 13.1.